The van der Waals surface area contributed by atoms with Gasteiger partial charge in [0.05, 0.1) is 13.2 Å². The second-order valence-corrected chi connectivity index (χ2v) is 7.21. The van der Waals surface area contributed by atoms with Crippen LogP contribution < -0.4 is 10.6 Å². The Bertz CT molecular complexity index is 615. The maximum Gasteiger partial charge on any atom is 0.251 e. The Kier molecular flexibility index (Phi) is 8.58. The molecule has 2 atom stereocenters. The van der Waals surface area contributed by atoms with E-state index in [1.165, 1.54) is 0 Å². The summed E-state index contributed by atoms with van der Waals surface area (Å²) >= 11 is 0. The van der Waals surface area contributed by atoms with Crippen LogP contribution in [0.25, 0.3) is 0 Å². The third-order valence-electron chi connectivity index (χ3n) is 4.94. The van der Waals surface area contributed by atoms with Gasteiger partial charge in [-0.3, -0.25) is 4.79 Å². The number of carbonyl (C=O) groups excluding carboxylic acids is 1. The zero-order chi connectivity index (χ0) is 19.6. The molecule has 27 heavy (non-hydrogen) atoms. The molecule has 1 aliphatic rings. The maximum atomic E-state index is 12.2. The second kappa shape index (κ2) is 10.9. The van der Waals surface area contributed by atoms with Crippen LogP contribution in [0, 0.1) is 5.92 Å². The van der Waals surface area contributed by atoms with Gasteiger partial charge in [0, 0.05) is 44.3 Å². The Labute approximate surface area is 163 Å². The van der Waals surface area contributed by atoms with Gasteiger partial charge in [0.2, 0.25) is 0 Å². The van der Waals surface area contributed by atoms with E-state index in [4.69, 9.17) is 9.73 Å². The molecule has 6 nitrogen and oxygen atoms in total. The summed E-state index contributed by atoms with van der Waals surface area (Å²) in [6.07, 6.45) is 2.06. The predicted octanol–water partition coefficient (Wildman–Crippen LogP) is 2.65. The molecule has 0 radical (unpaired) electrons. The van der Waals surface area contributed by atoms with Gasteiger partial charge in [0.25, 0.3) is 5.91 Å². The van der Waals surface area contributed by atoms with Crippen LogP contribution in [0.4, 0.5) is 0 Å². The topological polar surface area (TPSA) is 66.0 Å². The zero-order valence-corrected chi connectivity index (χ0v) is 17.1. The number of aliphatic imine (C=N–C) groups is 1. The molecule has 0 aromatic heterocycles. The quantitative estimate of drug-likeness (QED) is 0.542. The lowest BCUT2D eigenvalue weighted by Gasteiger charge is -2.21. The Morgan fingerprint density at radius 1 is 1.33 bits per heavy atom. The summed E-state index contributed by atoms with van der Waals surface area (Å²) in [4.78, 5) is 19.3. The van der Waals surface area contributed by atoms with Crippen molar-refractivity contribution in [2.75, 3.05) is 33.4 Å². The van der Waals surface area contributed by atoms with Gasteiger partial charge in [-0.25, -0.2) is 4.99 Å². The van der Waals surface area contributed by atoms with Crippen LogP contribution in [0.15, 0.2) is 29.3 Å². The van der Waals surface area contributed by atoms with E-state index in [0.717, 1.165) is 50.6 Å². The Balaban J connectivity index is 1.96. The van der Waals surface area contributed by atoms with Crippen molar-refractivity contribution >= 4 is 11.9 Å². The number of methoxy groups -OCH3 is 1. The van der Waals surface area contributed by atoms with Gasteiger partial charge in [0.1, 0.15) is 0 Å². The van der Waals surface area contributed by atoms with Crippen LogP contribution in [0.1, 0.15) is 49.5 Å². The number of benzene rings is 1. The van der Waals surface area contributed by atoms with Gasteiger partial charge in [-0.15, -0.1) is 0 Å². The van der Waals surface area contributed by atoms with Crippen molar-refractivity contribution in [3.8, 4) is 0 Å². The Morgan fingerprint density at radius 2 is 2.07 bits per heavy atom. The number of ether oxygens (including phenoxy) is 1. The summed E-state index contributed by atoms with van der Waals surface area (Å²) in [5, 5.41) is 6.38. The van der Waals surface area contributed by atoms with E-state index >= 15 is 0 Å². The highest BCUT2D eigenvalue weighted by atomic mass is 16.5. The molecule has 150 valence electrons. The fourth-order valence-corrected chi connectivity index (χ4v) is 3.16. The van der Waals surface area contributed by atoms with Crippen LogP contribution in [-0.2, 0) is 11.3 Å². The number of hydrogen-bond donors (Lipinski definition) is 2. The first-order valence-corrected chi connectivity index (χ1v) is 9.99. The number of carbonyl (C=O) groups is 1. The number of likely N-dealkylation sites (tertiary alicyclic amines) is 1. The van der Waals surface area contributed by atoms with Crippen LogP contribution in [0.5, 0.6) is 0 Å². The first-order valence-electron chi connectivity index (χ1n) is 9.99. The van der Waals surface area contributed by atoms with Crippen molar-refractivity contribution in [3.63, 3.8) is 0 Å². The number of guanidine groups is 1. The highest BCUT2D eigenvalue weighted by Crippen LogP contribution is 2.17. The standard InChI is InChI=1S/C21H34N4O2/c1-5-16(3)24-20(26)19-9-7-17(8-10-19)13-23-21(22-6-2)25-12-11-18(14-25)15-27-4/h7-10,16,18H,5-6,11-15H2,1-4H3,(H,22,23)(H,24,26). The van der Waals surface area contributed by atoms with E-state index < -0.39 is 0 Å². The number of hydrogen-bond acceptors (Lipinski definition) is 3. The first-order chi connectivity index (χ1) is 13.1. The molecule has 6 heteroatoms. The number of nitrogens with one attached hydrogen (secondary N) is 2. The van der Waals surface area contributed by atoms with Crippen LogP contribution in [0.2, 0.25) is 0 Å². The zero-order valence-electron chi connectivity index (χ0n) is 17.1. The molecule has 2 N–H and O–H groups in total. The molecule has 2 unspecified atom stereocenters. The summed E-state index contributed by atoms with van der Waals surface area (Å²) in [5.74, 6) is 1.51. The summed E-state index contributed by atoms with van der Waals surface area (Å²) < 4.78 is 5.29. The molecule has 2 rings (SSSR count). The number of rotatable bonds is 8. The molecule has 1 saturated heterocycles. The predicted molar refractivity (Wildman–Crippen MR) is 110 cm³/mol. The van der Waals surface area contributed by atoms with E-state index in [1.54, 1.807) is 7.11 Å². The molecule has 1 fully saturated rings. The Morgan fingerprint density at radius 3 is 2.70 bits per heavy atom. The lowest BCUT2D eigenvalue weighted by Crippen LogP contribution is -2.40. The van der Waals surface area contributed by atoms with Crippen molar-refractivity contribution in [1.82, 2.24) is 15.5 Å². The first kappa shape index (κ1) is 21.2. The molecular formula is C21H34N4O2. The minimum Gasteiger partial charge on any atom is -0.384 e. The average Bonchev–Trinajstić information content (AvgIpc) is 3.14. The minimum atomic E-state index is -0.0195. The van der Waals surface area contributed by atoms with Crippen molar-refractivity contribution in [1.29, 1.82) is 0 Å². The van der Waals surface area contributed by atoms with Crippen LogP contribution in [0.3, 0.4) is 0 Å². The molecule has 1 heterocycles. The van der Waals surface area contributed by atoms with Gasteiger partial charge in [0.15, 0.2) is 5.96 Å². The monoisotopic (exact) mass is 374 g/mol. The van der Waals surface area contributed by atoms with Crippen molar-refractivity contribution in [2.45, 2.75) is 46.2 Å². The van der Waals surface area contributed by atoms with Gasteiger partial charge in [-0.05, 0) is 44.4 Å². The molecule has 0 aliphatic carbocycles. The Hall–Kier alpha value is -2.08. The SMILES string of the molecule is CCNC(=NCc1ccc(C(=O)NC(C)CC)cc1)N1CCC(COC)C1. The van der Waals surface area contributed by atoms with E-state index in [9.17, 15) is 4.79 Å². The normalized spacial score (nSPS) is 18.4. The minimum absolute atomic E-state index is 0.0195. The van der Waals surface area contributed by atoms with E-state index in [-0.39, 0.29) is 11.9 Å². The molecule has 1 amide bonds. The van der Waals surface area contributed by atoms with Crippen LogP contribution >= 0.6 is 0 Å². The molecule has 0 saturated carbocycles. The van der Waals surface area contributed by atoms with E-state index in [1.807, 2.05) is 31.2 Å². The number of amides is 1. The largest absolute Gasteiger partial charge is 0.384 e. The molecule has 0 spiro atoms. The van der Waals surface area contributed by atoms with E-state index in [2.05, 4.69) is 29.4 Å². The fraction of sp³-hybridized carbons (Fsp3) is 0.619. The van der Waals surface area contributed by atoms with Gasteiger partial charge < -0.3 is 20.3 Å². The average molecular weight is 375 g/mol. The van der Waals surface area contributed by atoms with Gasteiger partial charge >= 0.3 is 0 Å². The van der Waals surface area contributed by atoms with Crippen molar-refractivity contribution < 1.29 is 9.53 Å². The third kappa shape index (κ3) is 6.54. The molecule has 1 aromatic carbocycles. The summed E-state index contributed by atoms with van der Waals surface area (Å²) in [7, 11) is 1.76. The highest BCUT2D eigenvalue weighted by molar-refractivity contribution is 5.94. The van der Waals surface area contributed by atoms with Crippen molar-refractivity contribution in [3.05, 3.63) is 35.4 Å². The molecule has 1 aromatic rings. The number of nitrogens with zero attached hydrogens (tertiary/aromatic N) is 2. The smallest absolute Gasteiger partial charge is 0.251 e. The van der Waals surface area contributed by atoms with Gasteiger partial charge in [-0.2, -0.15) is 0 Å². The lowest BCUT2D eigenvalue weighted by molar-refractivity contribution is 0.0939. The van der Waals surface area contributed by atoms with Crippen molar-refractivity contribution in [2.24, 2.45) is 10.9 Å². The molecule has 1 aliphatic heterocycles. The summed E-state index contributed by atoms with van der Waals surface area (Å²) in [6.45, 7) is 10.4. The highest BCUT2D eigenvalue weighted by Gasteiger charge is 2.24. The van der Waals surface area contributed by atoms with E-state index in [0.29, 0.717) is 18.0 Å². The molecule has 0 bridgehead atoms. The van der Waals surface area contributed by atoms with Gasteiger partial charge in [-0.1, -0.05) is 19.1 Å². The third-order valence-corrected chi connectivity index (χ3v) is 4.94. The fourth-order valence-electron chi connectivity index (χ4n) is 3.16. The molecular weight excluding hydrogens is 340 g/mol. The lowest BCUT2D eigenvalue weighted by atomic mass is 10.1. The second-order valence-electron chi connectivity index (χ2n) is 7.21. The van der Waals surface area contributed by atoms with Crippen LogP contribution in [-0.4, -0.2) is 56.2 Å². The maximum absolute atomic E-state index is 12.2. The summed E-state index contributed by atoms with van der Waals surface area (Å²) in [5.41, 5.74) is 1.79. The summed E-state index contributed by atoms with van der Waals surface area (Å²) in [6, 6.07) is 7.90.